The van der Waals surface area contributed by atoms with Crippen LogP contribution in [0.15, 0.2) is 24.3 Å². The molecule has 5 heteroatoms. The Bertz CT molecular complexity index is 646. The van der Waals surface area contributed by atoms with Gasteiger partial charge in [-0.2, -0.15) is 0 Å². The number of benzene rings is 1. The molecule has 0 spiro atoms. The first kappa shape index (κ1) is 19.2. The maximum atomic E-state index is 13.4. The number of carbonyl (C=O) groups is 1. The molecule has 2 aliphatic rings. The summed E-state index contributed by atoms with van der Waals surface area (Å²) in [5.74, 6) is -0.0441. The molecule has 0 N–H and O–H groups in total. The Labute approximate surface area is 154 Å². The molecule has 0 amide bonds. The van der Waals surface area contributed by atoms with Crippen LogP contribution in [0.3, 0.4) is 0 Å². The number of likely N-dealkylation sites (tertiary alicyclic amines) is 1. The molecule has 3 rings (SSSR count). The van der Waals surface area contributed by atoms with Crippen molar-refractivity contribution in [3.63, 3.8) is 0 Å². The zero-order valence-corrected chi connectivity index (χ0v) is 15.5. The monoisotopic (exact) mass is 362 g/mol. The molecule has 2 heterocycles. The Hall–Kier alpha value is -1.59. The molecule has 1 aromatic rings. The highest BCUT2D eigenvalue weighted by molar-refractivity contribution is 5.77. The standard InChI is InChI=1S/C21H28F2N2O/c1-16(26)15-25-8-3-17(4-9-25)2-7-24-10-5-18(6-11-24)19-12-20(22)14-21(23)13-19/h5,12-14,17H,2-4,6-11,15H2,1H3. The van der Waals surface area contributed by atoms with Crippen LogP contribution in [0.5, 0.6) is 0 Å². The van der Waals surface area contributed by atoms with Gasteiger partial charge in [-0.1, -0.05) is 6.08 Å². The number of hydrogen-bond donors (Lipinski definition) is 0. The third-order valence-electron chi connectivity index (χ3n) is 5.53. The van der Waals surface area contributed by atoms with Gasteiger partial charge in [0.1, 0.15) is 17.4 Å². The quantitative estimate of drug-likeness (QED) is 0.770. The van der Waals surface area contributed by atoms with Gasteiger partial charge in [-0.05, 0) is 81.4 Å². The van der Waals surface area contributed by atoms with Crippen molar-refractivity contribution in [2.24, 2.45) is 5.92 Å². The van der Waals surface area contributed by atoms with Crippen molar-refractivity contribution in [2.75, 3.05) is 39.3 Å². The molecule has 1 aromatic carbocycles. The Kier molecular flexibility index (Phi) is 6.54. The van der Waals surface area contributed by atoms with E-state index in [0.717, 1.165) is 56.7 Å². The Morgan fingerprint density at radius 1 is 1.08 bits per heavy atom. The van der Waals surface area contributed by atoms with Crippen molar-refractivity contribution < 1.29 is 13.6 Å². The second-order valence-corrected chi connectivity index (χ2v) is 7.65. The van der Waals surface area contributed by atoms with Gasteiger partial charge in [-0.25, -0.2) is 8.78 Å². The SMILES string of the molecule is CC(=O)CN1CCC(CCN2CC=C(c3cc(F)cc(F)c3)CC2)CC1. The van der Waals surface area contributed by atoms with Crippen LogP contribution >= 0.6 is 0 Å². The van der Waals surface area contributed by atoms with Crippen LogP contribution in [0.25, 0.3) is 5.57 Å². The number of hydrogen-bond acceptors (Lipinski definition) is 3. The van der Waals surface area contributed by atoms with Crippen LogP contribution in [-0.2, 0) is 4.79 Å². The summed E-state index contributed by atoms with van der Waals surface area (Å²) < 4.78 is 26.8. The average molecular weight is 362 g/mol. The van der Waals surface area contributed by atoms with Gasteiger partial charge < -0.3 is 0 Å². The van der Waals surface area contributed by atoms with Crippen LogP contribution in [0.4, 0.5) is 8.78 Å². The number of piperidine rings is 1. The van der Waals surface area contributed by atoms with Gasteiger partial charge in [-0.15, -0.1) is 0 Å². The number of Topliss-reactive ketones (excluding diaryl/α,β-unsaturated/α-hetero) is 1. The second kappa shape index (κ2) is 8.87. The Morgan fingerprint density at radius 3 is 2.35 bits per heavy atom. The summed E-state index contributed by atoms with van der Waals surface area (Å²) >= 11 is 0. The molecule has 0 atom stereocenters. The van der Waals surface area contributed by atoms with E-state index >= 15 is 0 Å². The summed E-state index contributed by atoms with van der Waals surface area (Å²) in [6, 6.07) is 3.75. The molecule has 0 aliphatic carbocycles. The van der Waals surface area contributed by atoms with Crippen LogP contribution in [0.2, 0.25) is 0 Å². The lowest BCUT2D eigenvalue weighted by Gasteiger charge is -2.33. The van der Waals surface area contributed by atoms with E-state index in [1.807, 2.05) is 0 Å². The summed E-state index contributed by atoms with van der Waals surface area (Å²) in [5, 5.41) is 0. The van der Waals surface area contributed by atoms with E-state index in [2.05, 4.69) is 15.9 Å². The van der Waals surface area contributed by atoms with Crippen molar-refractivity contribution >= 4 is 11.4 Å². The van der Waals surface area contributed by atoms with Crippen molar-refractivity contribution in [3.8, 4) is 0 Å². The third-order valence-corrected chi connectivity index (χ3v) is 5.53. The Morgan fingerprint density at radius 2 is 1.77 bits per heavy atom. The van der Waals surface area contributed by atoms with E-state index in [0.29, 0.717) is 12.1 Å². The molecule has 1 saturated heterocycles. The largest absolute Gasteiger partial charge is 0.299 e. The number of halogens is 2. The molecule has 0 bridgehead atoms. The van der Waals surface area contributed by atoms with Gasteiger partial charge in [0, 0.05) is 19.2 Å². The fourth-order valence-electron chi connectivity index (χ4n) is 4.03. The molecule has 0 saturated carbocycles. The van der Waals surface area contributed by atoms with Crippen LogP contribution in [0, 0.1) is 17.6 Å². The van der Waals surface area contributed by atoms with Gasteiger partial charge in [0.05, 0.1) is 6.54 Å². The molecule has 0 unspecified atom stereocenters. The lowest BCUT2D eigenvalue weighted by Crippen LogP contribution is -2.38. The molecule has 2 aliphatic heterocycles. The molecular weight excluding hydrogens is 334 g/mol. The van der Waals surface area contributed by atoms with E-state index < -0.39 is 11.6 Å². The third kappa shape index (κ3) is 5.45. The minimum atomic E-state index is -0.514. The van der Waals surface area contributed by atoms with Gasteiger partial charge in [0.15, 0.2) is 0 Å². The smallest absolute Gasteiger partial charge is 0.143 e. The van der Waals surface area contributed by atoms with E-state index in [4.69, 9.17) is 0 Å². The zero-order valence-electron chi connectivity index (χ0n) is 15.5. The second-order valence-electron chi connectivity index (χ2n) is 7.65. The summed E-state index contributed by atoms with van der Waals surface area (Å²) in [7, 11) is 0. The minimum absolute atomic E-state index is 0.248. The summed E-state index contributed by atoms with van der Waals surface area (Å²) in [6.45, 7) is 7.15. The van der Waals surface area contributed by atoms with E-state index in [-0.39, 0.29) is 5.78 Å². The normalized spacial score (nSPS) is 20.2. The zero-order chi connectivity index (χ0) is 18.5. The lowest BCUT2D eigenvalue weighted by molar-refractivity contribution is -0.118. The summed E-state index contributed by atoms with van der Waals surface area (Å²) in [6.07, 6.45) is 6.47. The molecule has 0 aromatic heterocycles. The average Bonchev–Trinajstić information content (AvgIpc) is 2.60. The highest BCUT2D eigenvalue weighted by Crippen LogP contribution is 2.25. The maximum Gasteiger partial charge on any atom is 0.143 e. The van der Waals surface area contributed by atoms with Gasteiger partial charge in [0.25, 0.3) is 0 Å². The predicted molar refractivity (Wildman–Crippen MR) is 99.9 cm³/mol. The fourth-order valence-corrected chi connectivity index (χ4v) is 4.03. The first-order valence-corrected chi connectivity index (χ1v) is 9.59. The van der Waals surface area contributed by atoms with Crippen molar-refractivity contribution in [1.29, 1.82) is 0 Å². The van der Waals surface area contributed by atoms with Gasteiger partial charge in [0.2, 0.25) is 0 Å². The van der Waals surface area contributed by atoms with Crippen molar-refractivity contribution in [2.45, 2.75) is 32.6 Å². The van der Waals surface area contributed by atoms with Gasteiger partial charge in [-0.3, -0.25) is 14.6 Å². The molecule has 0 radical (unpaired) electrons. The fraction of sp³-hybridized carbons (Fsp3) is 0.571. The first-order chi connectivity index (χ1) is 12.5. The maximum absolute atomic E-state index is 13.4. The van der Waals surface area contributed by atoms with Crippen molar-refractivity contribution in [1.82, 2.24) is 9.80 Å². The molecule has 26 heavy (non-hydrogen) atoms. The number of ketones is 1. The Balaban J connectivity index is 1.43. The first-order valence-electron chi connectivity index (χ1n) is 9.59. The van der Waals surface area contributed by atoms with E-state index in [1.54, 1.807) is 6.92 Å². The molecule has 142 valence electrons. The van der Waals surface area contributed by atoms with Gasteiger partial charge >= 0.3 is 0 Å². The predicted octanol–water partition coefficient (Wildman–Crippen LogP) is 3.75. The highest BCUT2D eigenvalue weighted by Gasteiger charge is 2.21. The van der Waals surface area contributed by atoms with Crippen molar-refractivity contribution in [3.05, 3.63) is 41.5 Å². The van der Waals surface area contributed by atoms with Crippen LogP contribution < -0.4 is 0 Å². The van der Waals surface area contributed by atoms with E-state index in [1.165, 1.54) is 31.4 Å². The summed E-state index contributed by atoms with van der Waals surface area (Å²) in [5.41, 5.74) is 1.71. The number of rotatable bonds is 6. The van der Waals surface area contributed by atoms with Crippen LogP contribution in [0.1, 0.15) is 38.2 Å². The summed E-state index contributed by atoms with van der Waals surface area (Å²) in [4.78, 5) is 15.9. The minimum Gasteiger partial charge on any atom is -0.299 e. The highest BCUT2D eigenvalue weighted by atomic mass is 19.1. The molecule has 3 nitrogen and oxygen atoms in total. The molecule has 1 fully saturated rings. The topological polar surface area (TPSA) is 23.6 Å². The number of carbonyl (C=O) groups excluding carboxylic acids is 1. The van der Waals surface area contributed by atoms with Crippen LogP contribution in [-0.4, -0.2) is 54.9 Å². The lowest BCUT2D eigenvalue weighted by atomic mass is 9.92. The number of nitrogens with zero attached hydrogens (tertiary/aromatic N) is 2. The molecular formula is C21H28F2N2O. The van der Waals surface area contributed by atoms with E-state index in [9.17, 15) is 13.6 Å².